The SMILES string of the molecule is CCOC(=O)C[C@@H](NC(=O)[C@H](C)NC(=O)c1ccccc1Oc1ccccc1)[C@H]1O[C@@H]2OC(C)(C)O[C@@H]2[C@H]1OCc1ccccc1. The fraction of sp³-hybridized carbons (Fsp3) is 0.400. The summed E-state index contributed by atoms with van der Waals surface area (Å²) in [5.41, 5.74) is 1.19. The van der Waals surface area contributed by atoms with Crippen molar-refractivity contribution in [3.63, 3.8) is 0 Å². The Hall–Kier alpha value is -4.29. The highest BCUT2D eigenvalue weighted by Gasteiger charge is 2.57. The Kier molecular flexibility index (Phi) is 10.7. The molecule has 2 heterocycles. The Balaban J connectivity index is 1.31. The summed E-state index contributed by atoms with van der Waals surface area (Å²) < 4.78 is 35.9. The fourth-order valence-corrected chi connectivity index (χ4v) is 5.44. The molecule has 11 heteroatoms. The number of carbonyl (C=O) groups is 3. The summed E-state index contributed by atoms with van der Waals surface area (Å²) in [5, 5.41) is 5.63. The fourth-order valence-electron chi connectivity index (χ4n) is 5.44. The third-order valence-corrected chi connectivity index (χ3v) is 7.57. The Bertz CT molecular complexity index is 1480. The van der Waals surface area contributed by atoms with Gasteiger partial charge in [-0.15, -0.1) is 0 Å². The van der Waals surface area contributed by atoms with Crippen molar-refractivity contribution in [3.8, 4) is 11.5 Å². The lowest BCUT2D eigenvalue weighted by Gasteiger charge is -2.32. The van der Waals surface area contributed by atoms with Gasteiger partial charge in [0, 0.05) is 0 Å². The minimum absolute atomic E-state index is 0.168. The number of benzene rings is 3. The van der Waals surface area contributed by atoms with Crippen molar-refractivity contribution < 1.29 is 42.8 Å². The van der Waals surface area contributed by atoms with E-state index in [1.165, 1.54) is 0 Å². The predicted molar refractivity (Wildman–Crippen MR) is 167 cm³/mol. The molecule has 6 atom stereocenters. The van der Waals surface area contributed by atoms with Crippen LogP contribution in [0.25, 0.3) is 0 Å². The van der Waals surface area contributed by atoms with Gasteiger partial charge in [0.05, 0.1) is 31.2 Å². The first kappa shape index (κ1) is 33.1. The summed E-state index contributed by atoms with van der Waals surface area (Å²) in [6, 6.07) is 23.6. The molecule has 2 aliphatic rings. The van der Waals surface area contributed by atoms with Crippen molar-refractivity contribution in [2.45, 2.75) is 83.2 Å². The van der Waals surface area contributed by atoms with E-state index in [0.717, 1.165) is 5.56 Å². The van der Waals surface area contributed by atoms with Crippen molar-refractivity contribution in [2.75, 3.05) is 6.61 Å². The molecule has 46 heavy (non-hydrogen) atoms. The molecule has 244 valence electrons. The molecular formula is C35H40N2O9. The first-order valence-corrected chi connectivity index (χ1v) is 15.4. The van der Waals surface area contributed by atoms with Gasteiger partial charge in [0.25, 0.3) is 5.91 Å². The van der Waals surface area contributed by atoms with Crippen LogP contribution in [0.3, 0.4) is 0 Å². The van der Waals surface area contributed by atoms with Gasteiger partial charge in [-0.2, -0.15) is 0 Å². The van der Waals surface area contributed by atoms with E-state index in [0.29, 0.717) is 11.5 Å². The lowest BCUT2D eigenvalue weighted by atomic mass is 9.99. The number of fused-ring (bicyclic) bond motifs is 1. The number of carbonyl (C=O) groups excluding carboxylic acids is 3. The van der Waals surface area contributed by atoms with Gasteiger partial charge in [-0.25, -0.2) is 0 Å². The Labute approximate surface area is 268 Å². The molecule has 0 radical (unpaired) electrons. The molecule has 11 nitrogen and oxygen atoms in total. The zero-order valence-corrected chi connectivity index (χ0v) is 26.3. The number of para-hydroxylation sites is 2. The van der Waals surface area contributed by atoms with E-state index in [1.807, 2.05) is 48.5 Å². The molecule has 0 saturated carbocycles. The smallest absolute Gasteiger partial charge is 0.307 e. The summed E-state index contributed by atoms with van der Waals surface area (Å²) in [6.45, 7) is 7.23. The maximum atomic E-state index is 13.6. The van der Waals surface area contributed by atoms with Gasteiger partial charge < -0.3 is 39.1 Å². The quantitative estimate of drug-likeness (QED) is 0.262. The highest BCUT2D eigenvalue weighted by atomic mass is 16.8. The van der Waals surface area contributed by atoms with E-state index in [-0.39, 0.29) is 25.2 Å². The van der Waals surface area contributed by atoms with Gasteiger partial charge in [-0.1, -0.05) is 60.7 Å². The second-order valence-electron chi connectivity index (χ2n) is 11.6. The molecule has 2 amide bonds. The molecule has 0 aromatic heterocycles. The van der Waals surface area contributed by atoms with Gasteiger partial charge in [-0.3, -0.25) is 14.4 Å². The topological polar surface area (TPSA) is 131 Å². The third kappa shape index (κ3) is 8.29. The zero-order valence-electron chi connectivity index (χ0n) is 26.3. The summed E-state index contributed by atoms with van der Waals surface area (Å²) in [4.78, 5) is 39.6. The standard InChI is InChI=1S/C35H40N2O9/c1-5-41-28(38)20-26(29-30(42-21-23-14-8-6-9-15-23)31-34(44-29)46-35(3,4)45-31)37-32(39)22(2)36-33(40)25-18-12-13-19-27(25)43-24-16-10-7-11-17-24/h6-19,22,26,29-31,34H,5,20-21H2,1-4H3,(H,36,40)(H,37,39)/t22-,26+,29+,30-,31+,34+/m0/s1. The lowest BCUT2D eigenvalue weighted by Crippen LogP contribution is -2.55. The van der Waals surface area contributed by atoms with Crippen LogP contribution < -0.4 is 15.4 Å². The van der Waals surface area contributed by atoms with Crippen LogP contribution in [0.4, 0.5) is 0 Å². The van der Waals surface area contributed by atoms with Crippen molar-refractivity contribution in [1.82, 2.24) is 10.6 Å². The van der Waals surface area contributed by atoms with Crippen molar-refractivity contribution in [1.29, 1.82) is 0 Å². The molecule has 3 aromatic carbocycles. The van der Waals surface area contributed by atoms with E-state index in [4.69, 9.17) is 28.4 Å². The summed E-state index contributed by atoms with van der Waals surface area (Å²) in [6.07, 6.45) is -3.11. The molecule has 2 fully saturated rings. The summed E-state index contributed by atoms with van der Waals surface area (Å²) >= 11 is 0. The zero-order chi connectivity index (χ0) is 32.7. The molecule has 2 saturated heterocycles. The van der Waals surface area contributed by atoms with Crippen LogP contribution in [-0.2, 0) is 39.9 Å². The molecule has 0 spiro atoms. The van der Waals surface area contributed by atoms with Crippen molar-refractivity contribution in [2.24, 2.45) is 0 Å². The molecule has 0 aliphatic carbocycles. The normalized spacial score (nSPS) is 22.7. The van der Waals surface area contributed by atoms with E-state index in [1.54, 1.807) is 64.1 Å². The van der Waals surface area contributed by atoms with E-state index >= 15 is 0 Å². The maximum Gasteiger partial charge on any atom is 0.307 e. The van der Waals surface area contributed by atoms with E-state index in [9.17, 15) is 14.4 Å². The minimum Gasteiger partial charge on any atom is -0.466 e. The molecule has 3 aromatic rings. The lowest BCUT2D eigenvalue weighted by molar-refractivity contribution is -0.223. The first-order chi connectivity index (χ1) is 22.1. The van der Waals surface area contributed by atoms with E-state index < -0.39 is 60.3 Å². The van der Waals surface area contributed by atoms with E-state index in [2.05, 4.69) is 10.6 Å². The third-order valence-electron chi connectivity index (χ3n) is 7.57. The number of hydrogen-bond donors (Lipinski definition) is 2. The predicted octanol–water partition coefficient (Wildman–Crippen LogP) is 4.50. The van der Waals surface area contributed by atoms with Gasteiger partial charge in [0.15, 0.2) is 12.1 Å². The van der Waals surface area contributed by atoms with Crippen molar-refractivity contribution >= 4 is 17.8 Å². The number of nitrogens with one attached hydrogen (secondary N) is 2. The molecule has 0 bridgehead atoms. The van der Waals surface area contributed by atoms with Crippen LogP contribution in [0.15, 0.2) is 84.9 Å². The molecular weight excluding hydrogens is 592 g/mol. The number of esters is 1. The first-order valence-electron chi connectivity index (χ1n) is 15.4. The maximum absolute atomic E-state index is 13.6. The van der Waals surface area contributed by atoms with Gasteiger partial charge in [0.2, 0.25) is 5.91 Å². The molecule has 2 aliphatic heterocycles. The summed E-state index contributed by atoms with van der Waals surface area (Å²) in [7, 11) is 0. The number of rotatable bonds is 13. The van der Waals surface area contributed by atoms with Crippen LogP contribution in [0.2, 0.25) is 0 Å². The molecule has 5 rings (SSSR count). The van der Waals surface area contributed by atoms with Gasteiger partial charge in [-0.05, 0) is 57.5 Å². The van der Waals surface area contributed by atoms with Gasteiger partial charge >= 0.3 is 5.97 Å². The average Bonchev–Trinajstić information content (AvgIpc) is 3.52. The second kappa shape index (κ2) is 14.9. The highest BCUT2D eigenvalue weighted by Crippen LogP contribution is 2.40. The Morgan fingerprint density at radius 2 is 1.57 bits per heavy atom. The van der Waals surface area contributed by atoms with Crippen LogP contribution in [-0.4, -0.2) is 66.9 Å². The molecule has 2 N–H and O–H groups in total. The Morgan fingerprint density at radius 1 is 0.891 bits per heavy atom. The van der Waals surface area contributed by atoms with Crippen molar-refractivity contribution in [3.05, 3.63) is 96.1 Å². The highest BCUT2D eigenvalue weighted by molar-refractivity contribution is 5.99. The number of hydrogen-bond acceptors (Lipinski definition) is 9. The Morgan fingerprint density at radius 3 is 2.28 bits per heavy atom. The number of amides is 2. The summed E-state index contributed by atoms with van der Waals surface area (Å²) in [5.74, 6) is -1.57. The molecule has 0 unspecified atom stereocenters. The average molecular weight is 633 g/mol. The second-order valence-corrected chi connectivity index (χ2v) is 11.6. The van der Waals surface area contributed by atoms with Crippen LogP contribution in [0.1, 0.15) is 50.0 Å². The van der Waals surface area contributed by atoms with Crippen LogP contribution in [0.5, 0.6) is 11.5 Å². The van der Waals surface area contributed by atoms with Crippen LogP contribution in [0, 0.1) is 0 Å². The van der Waals surface area contributed by atoms with Crippen LogP contribution >= 0.6 is 0 Å². The number of ether oxygens (including phenoxy) is 6. The monoisotopic (exact) mass is 632 g/mol. The van der Waals surface area contributed by atoms with Gasteiger partial charge in [0.1, 0.15) is 35.9 Å². The minimum atomic E-state index is -0.988. The largest absolute Gasteiger partial charge is 0.466 e.